The standard InChI is InChI=1S/C27H31N5O3/c1-35-27(34)32-14-12-29(13-15-32)21-24(20-28)26(33)31-18-16-30(17-19-31)25(22-8-4-2-5-9-22)23-10-6-3-7-11-23/h2-11,21,25H,12-19H2,1H3/b24-21-. The number of hydrogen-bond acceptors (Lipinski definition) is 6. The molecule has 0 radical (unpaired) electrons. The number of carbonyl (C=O) groups excluding carboxylic acids is 2. The van der Waals surface area contributed by atoms with Crippen LogP contribution in [0.4, 0.5) is 4.79 Å². The molecule has 2 aliphatic rings. The maximum Gasteiger partial charge on any atom is 0.409 e. The topological polar surface area (TPSA) is 80.1 Å². The van der Waals surface area contributed by atoms with E-state index in [9.17, 15) is 14.9 Å². The number of benzene rings is 2. The van der Waals surface area contributed by atoms with E-state index < -0.39 is 0 Å². The molecular formula is C27H31N5O3. The van der Waals surface area contributed by atoms with Crippen LogP contribution >= 0.6 is 0 Å². The van der Waals surface area contributed by atoms with Crippen LogP contribution < -0.4 is 0 Å². The number of piperazine rings is 2. The van der Waals surface area contributed by atoms with E-state index in [0.29, 0.717) is 39.3 Å². The number of carbonyl (C=O) groups is 2. The second-order valence-electron chi connectivity index (χ2n) is 8.70. The Hall–Kier alpha value is -3.83. The highest BCUT2D eigenvalue weighted by Crippen LogP contribution is 2.29. The number of methoxy groups -OCH3 is 1. The Morgan fingerprint density at radius 3 is 1.83 bits per heavy atom. The third kappa shape index (κ3) is 5.81. The minimum atomic E-state index is -0.354. The van der Waals surface area contributed by atoms with E-state index >= 15 is 0 Å². The van der Waals surface area contributed by atoms with Crippen molar-refractivity contribution in [2.75, 3.05) is 59.5 Å². The van der Waals surface area contributed by atoms with Crippen LogP contribution in [0.25, 0.3) is 0 Å². The lowest BCUT2D eigenvalue weighted by atomic mass is 9.96. The lowest BCUT2D eigenvalue weighted by Crippen LogP contribution is -2.50. The second-order valence-corrected chi connectivity index (χ2v) is 8.70. The average Bonchev–Trinajstić information content (AvgIpc) is 2.93. The Morgan fingerprint density at radius 1 is 0.829 bits per heavy atom. The molecule has 35 heavy (non-hydrogen) atoms. The highest BCUT2D eigenvalue weighted by Gasteiger charge is 2.30. The minimum absolute atomic E-state index is 0.117. The molecule has 2 aromatic rings. The molecule has 2 heterocycles. The molecule has 8 nitrogen and oxygen atoms in total. The van der Waals surface area contributed by atoms with Gasteiger partial charge in [0, 0.05) is 58.6 Å². The highest BCUT2D eigenvalue weighted by atomic mass is 16.5. The van der Waals surface area contributed by atoms with E-state index in [4.69, 9.17) is 4.74 Å². The summed E-state index contributed by atoms with van der Waals surface area (Å²) in [7, 11) is 1.36. The third-order valence-corrected chi connectivity index (χ3v) is 6.61. The molecule has 182 valence electrons. The summed E-state index contributed by atoms with van der Waals surface area (Å²) in [5.74, 6) is -0.237. The molecule has 2 saturated heterocycles. The van der Waals surface area contributed by atoms with E-state index in [1.165, 1.54) is 18.2 Å². The van der Waals surface area contributed by atoms with Gasteiger partial charge in [-0.3, -0.25) is 9.69 Å². The zero-order valence-corrected chi connectivity index (χ0v) is 20.0. The zero-order valence-electron chi connectivity index (χ0n) is 20.0. The lowest BCUT2D eigenvalue weighted by Gasteiger charge is -2.40. The Bertz CT molecular complexity index is 1030. The van der Waals surface area contributed by atoms with Crippen LogP contribution in [0, 0.1) is 11.3 Å². The first-order valence-electron chi connectivity index (χ1n) is 11.9. The van der Waals surface area contributed by atoms with Crippen molar-refractivity contribution in [3.63, 3.8) is 0 Å². The number of nitriles is 1. The smallest absolute Gasteiger partial charge is 0.409 e. The van der Waals surface area contributed by atoms with Crippen LogP contribution in [0.2, 0.25) is 0 Å². The molecule has 4 rings (SSSR count). The molecule has 2 amide bonds. The second kappa shape index (κ2) is 11.5. The van der Waals surface area contributed by atoms with Crippen LogP contribution in [0.3, 0.4) is 0 Å². The van der Waals surface area contributed by atoms with Gasteiger partial charge >= 0.3 is 6.09 Å². The summed E-state index contributed by atoms with van der Waals surface area (Å²) in [6.45, 7) is 4.65. The summed E-state index contributed by atoms with van der Waals surface area (Å²) < 4.78 is 4.76. The highest BCUT2D eigenvalue weighted by molar-refractivity contribution is 5.97. The molecule has 0 aromatic heterocycles. The van der Waals surface area contributed by atoms with Gasteiger partial charge in [-0.2, -0.15) is 5.26 Å². The molecular weight excluding hydrogens is 442 g/mol. The Morgan fingerprint density at radius 2 is 1.34 bits per heavy atom. The fourth-order valence-electron chi connectivity index (χ4n) is 4.72. The number of nitrogens with zero attached hydrogens (tertiary/aromatic N) is 5. The molecule has 2 aliphatic heterocycles. The number of rotatable bonds is 5. The first kappa shape index (κ1) is 24.3. The van der Waals surface area contributed by atoms with Crippen molar-refractivity contribution in [1.29, 1.82) is 5.26 Å². The summed E-state index contributed by atoms with van der Waals surface area (Å²) in [5, 5.41) is 9.69. The quantitative estimate of drug-likeness (QED) is 0.491. The van der Waals surface area contributed by atoms with E-state index in [1.807, 2.05) is 17.0 Å². The molecule has 0 unspecified atom stereocenters. The van der Waals surface area contributed by atoms with E-state index in [0.717, 1.165) is 13.1 Å². The van der Waals surface area contributed by atoms with Gasteiger partial charge in [0.15, 0.2) is 0 Å². The Kier molecular flexibility index (Phi) is 8.01. The molecule has 8 heteroatoms. The molecule has 2 aromatic carbocycles. The maximum absolute atomic E-state index is 13.1. The van der Waals surface area contributed by atoms with E-state index in [1.54, 1.807) is 16.0 Å². The average molecular weight is 474 g/mol. The number of ether oxygens (including phenoxy) is 1. The Labute approximate surface area is 206 Å². The fourth-order valence-corrected chi connectivity index (χ4v) is 4.72. The van der Waals surface area contributed by atoms with Crippen LogP contribution in [0.1, 0.15) is 17.2 Å². The van der Waals surface area contributed by atoms with Crippen LogP contribution in [0.5, 0.6) is 0 Å². The van der Waals surface area contributed by atoms with Crippen molar-refractivity contribution in [3.05, 3.63) is 83.6 Å². The van der Waals surface area contributed by atoms with Crippen molar-refractivity contribution < 1.29 is 14.3 Å². The van der Waals surface area contributed by atoms with Crippen molar-refractivity contribution in [2.45, 2.75) is 6.04 Å². The normalized spacial score (nSPS) is 17.3. The van der Waals surface area contributed by atoms with Gasteiger partial charge in [0.1, 0.15) is 11.6 Å². The number of hydrogen-bond donors (Lipinski definition) is 0. The van der Waals surface area contributed by atoms with Gasteiger partial charge in [-0.05, 0) is 11.1 Å². The first-order valence-corrected chi connectivity index (χ1v) is 11.9. The van der Waals surface area contributed by atoms with Gasteiger partial charge in [-0.25, -0.2) is 4.79 Å². The van der Waals surface area contributed by atoms with Crippen molar-refractivity contribution in [3.8, 4) is 6.07 Å². The fraction of sp³-hybridized carbons (Fsp3) is 0.370. The third-order valence-electron chi connectivity index (χ3n) is 6.61. The monoisotopic (exact) mass is 473 g/mol. The van der Waals surface area contributed by atoms with Crippen LogP contribution in [-0.2, 0) is 9.53 Å². The van der Waals surface area contributed by atoms with Gasteiger partial charge in [-0.1, -0.05) is 60.7 Å². The van der Waals surface area contributed by atoms with Crippen LogP contribution in [0.15, 0.2) is 72.4 Å². The summed E-state index contributed by atoms with van der Waals surface area (Å²) in [5.41, 5.74) is 2.58. The molecule has 0 N–H and O–H groups in total. The van der Waals surface area contributed by atoms with Gasteiger partial charge in [0.05, 0.1) is 13.2 Å². The lowest BCUT2D eigenvalue weighted by molar-refractivity contribution is -0.128. The van der Waals surface area contributed by atoms with Crippen molar-refractivity contribution >= 4 is 12.0 Å². The van der Waals surface area contributed by atoms with Crippen molar-refractivity contribution in [2.24, 2.45) is 0 Å². The predicted molar refractivity (Wildman–Crippen MR) is 132 cm³/mol. The van der Waals surface area contributed by atoms with Crippen LogP contribution in [-0.4, -0.2) is 91.1 Å². The van der Waals surface area contributed by atoms with E-state index in [2.05, 4.69) is 59.5 Å². The summed E-state index contributed by atoms with van der Waals surface area (Å²) >= 11 is 0. The minimum Gasteiger partial charge on any atom is -0.453 e. The SMILES string of the molecule is COC(=O)N1CCN(/C=C(/C#N)C(=O)N2CCN(C(c3ccccc3)c3ccccc3)CC2)CC1. The molecule has 0 atom stereocenters. The molecule has 0 saturated carbocycles. The summed E-state index contributed by atoms with van der Waals surface area (Å²) in [6.07, 6.45) is 1.28. The van der Waals surface area contributed by atoms with Gasteiger partial charge in [-0.15, -0.1) is 0 Å². The van der Waals surface area contributed by atoms with Crippen molar-refractivity contribution in [1.82, 2.24) is 19.6 Å². The predicted octanol–water partition coefficient (Wildman–Crippen LogP) is 2.71. The molecule has 2 fully saturated rings. The molecule has 0 aliphatic carbocycles. The Balaban J connectivity index is 1.40. The molecule has 0 spiro atoms. The molecule has 0 bridgehead atoms. The van der Waals surface area contributed by atoms with Gasteiger partial charge in [0.25, 0.3) is 5.91 Å². The van der Waals surface area contributed by atoms with Gasteiger partial charge in [0.2, 0.25) is 0 Å². The summed E-state index contributed by atoms with van der Waals surface area (Å²) in [4.78, 5) is 32.5. The first-order chi connectivity index (χ1) is 17.1. The zero-order chi connectivity index (χ0) is 24.6. The van der Waals surface area contributed by atoms with Gasteiger partial charge < -0.3 is 19.4 Å². The largest absolute Gasteiger partial charge is 0.453 e. The van der Waals surface area contributed by atoms with E-state index in [-0.39, 0.29) is 23.6 Å². The summed E-state index contributed by atoms with van der Waals surface area (Å²) in [6, 6.07) is 23.0. The maximum atomic E-state index is 13.1. The number of amides is 2.